The van der Waals surface area contributed by atoms with Gasteiger partial charge in [0.05, 0.1) is 12.7 Å². The molecule has 2 aromatic carbocycles. The lowest BCUT2D eigenvalue weighted by Crippen LogP contribution is -2.30. The minimum absolute atomic E-state index is 0.0841. The van der Waals surface area contributed by atoms with Crippen LogP contribution in [-0.4, -0.2) is 19.3 Å². The monoisotopic (exact) mass is 312 g/mol. The summed E-state index contributed by atoms with van der Waals surface area (Å²) in [6.07, 6.45) is 3.31. The van der Waals surface area contributed by atoms with E-state index in [1.807, 2.05) is 49.4 Å². The largest absolute Gasteiger partial charge is 0.490 e. The van der Waals surface area contributed by atoms with Crippen LogP contribution in [0.3, 0.4) is 0 Å². The smallest absolute Gasteiger partial charge is 0.162 e. The Bertz CT molecular complexity index is 591. The Kier molecular flexibility index (Phi) is 5.54. The highest BCUT2D eigenvalue weighted by Gasteiger charge is 2.28. The molecule has 1 aliphatic heterocycles. The summed E-state index contributed by atoms with van der Waals surface area (Å²) in [5, 5.41) is 0. The van der Waals surface area contributed by atoms with Gasteiger partial charge in [-0.25, -0.2) is 0 Å². The third-order valence-corrected chi connectivity index (χ3v) is 4.08. The van der Waals surface area contributed by atoms with E-state index < -0.39 is 0 Å². The van der Waals surface area contributed by atoms with Crippen molar-refractivity contribution in [2.45, 2.75) is 38.4 Å². The molecule has 2 atom stereocenters. The predicted octanol–water partition coefficient (Wildman–Crippen LogP) is 4.77. The van der Waals surface area contributed by atoms with Crippen LogP contribution in [0.1, 0.15) is 37.9 Å². The summed E-state index contributed by atoms with van der Waals surface area (Å²) in [5.74, 6) is 1.56. The van der Waals surface area contributed by atoms with Crippen molar-refractivity contribution in [3.05, 3.63) is 60.2 Å². The molecule has 0 aromatic heterocycles. The molecule has 1 fully saturated rings. The van der Waals surface area contributed by atoms with E-state index >= 15 is 0 Å². The summed E-state index contributed by atoms with van der Waals surface area (Å²) < 4.78 is 18.1. The molecule has 0 spiro atoms. The molecule has 2 aromatic rings. The Morgan fingerprint density at radius 1 is 1.00 bits per heavy atom. The van der Waals surface area contributed by atoms with Gasteiger partial charge in [-0.1, -0.05) is 42.5 Å². The zero-order valence-corrected chi connectivity index (χ0v) is 13.6. The molecule has 0 amide bonds. The van der Waals surface area contributed by atoms with E-state index in [4.69, 9.17) is 14.2 Å². The minimum Gasteiger partial charge on any atom is -0.490 e. The lowest BCUT2D eigenvalue weighted by molar-refractivity contribution is -0.0539. The van der Waals surface area contributed by atoms with Crippen LogP contribution in [0.5, 0.6) is 11.5 Å². The standard InChI is InChI=1S/C20H24O3/c1-2-21-17-12-6-7-13-18(17)23-20(16-10-4-3-5-11-16)19-14-8-9-15-22-19/h3-7,10-13,19-20H,2,8-9,14-15H2,1H3/t19-,20-/m0/s1. The Morgan fingerprint density at radius 3 is 2.43 bits per heavy atom. The van der Waals surface area contributed by atoms with Crippen molar-refractivity contribution in [3.63, 3.8) is 0 Å². The Hall–Kier alpha value is -2.00. The van der Waals surface area contributed by atoms with Gasteiger partial charge in [-0.2, -0.15) is 0 Å². The first-order valence-corrected chi connectivity index (χ1v) is 8.43. The molecular formula is C20H24O3. The van der Waals surface area contributed by atoms with Gasteiger partial charge < -0.3 is 14.2 Å². The highest BCUT2D eigenvalue weighted by atomic mass is 16.6. The molecule has 1 saturated heterocycles. The SMILES string of the molecule is CCOc1ccccc1O[C@@H](c1ccccc1)[C@@H]1CCCCO1. The molecular weight excluding hydrogens is 288 g/mol. The van der Waals surface area contributed by atoms with Crippen LogP contribution in [0.25, 0.3) is 0 Å². The topological polar surface area (TPSA) is 27.7 Å². The Balaban J connectivity index is 1.86. The third-order valence-electron chi connectivity index (χ3n) is 4.08. The average Bonchev–Trinajstić information content (AvgIpc) is 2.63. The van der Waals surface area contributed by atoms with Gasteiger partial charge in [-0.05, 0) is 43.9 Å². The van der Waals surface area contributed by atoms with Crippen LogP contribution in [-0.2, 0) is 4.74 Å². The van der Waals surface area contributed by atoms with Crippen molar-refractivity contribution in [2.75, 3.05) is 13.2 Å². The molecule has 0 N–H and O–H groups in total. The summed E-state index contributed by atoms with van der Waals surface area (Å²) in [5.41, 5.74) is 1.14. The summed E-state index contributed by atoms with van der Waals surface area (Å²) in [6.45, 7) is 3.41. The lowest BCUT2D eigenvalue weighted by Gasteiger charge is -2.31. The first kappa shape index (κ1) is 15.9. The average molecular weight is 312 g/mol. The van der Waals surface area contributed by atoms with Crippen molar-refractivity contribution in [3.8, 4) is 11.5 Å². The predicted molar refractivity (Wildman–Crippen MR) is 91.0 cm³/mol. The summed E-state index contributed by atoms with van der Waals surface area (Å²) in [6, 6.07) is 18.2. The Morgan fingerprint density at radius 2 is 1.74 bits per heavy atom. The molecule has 23 heavy (non-hydrogen) atoms. The van der Waals surface area contributed by atoms with Gasteiger partial charge in [-0.15, -0.1) is 0 Å². The molecule has 3 rings (SSSR count). The van der Waals surface area contributed by atoms with E-state index in [1.54, 1.807) is 0 Å². The first-order chi connectivity index (χ1) is 11.4. The molecule has 0 saturated carbocycles. The van der Waals surface area contributed by atoms with Gasteiger partial charge in [0, 0.05) is 6.61 Å². The van der Waals surface area contributed by atoms with Gasteiger partial charge in [-0.3, -0.25) is 0 Å². The number of hydrogen-bond donors (Lipinski definition) is 0. The first-order valence-electron chi connectivity index (χ1n) is 8.43. The molecule has 1 heterocycles. The van der Waals surface area contributed by atoms with E-state index in [1.165, 1.54) is 6.42 Å². The van der Waals surface area contributed by atoms with Crippen LogP contribution < -0.4 is 9.47 Å². The second kappa shape index (κ2) is 8.02. The van der Waals surface area contributed by atoms with E-state index in [0.29, 0.717) is 6.61 Å². The van der Waals surface area contributed by atoms with Gasteiger partial charge in [0.25, 0.3) is 0 Å². The second-order valence-electron chi connectivity index (χ2n) is 5.73. The quantitative estimate of drug-likeness (QED) is 0.768. The maximum absolute atomic E-state index is 6.37. The maximum Gasteiger partial charge on any atom is 0.162 e. The zero-order valence-electron chi connectivity index (χ0n) is 13.6. The summed E-state index contributed by atoms with van der Waals surface area (Å²) in [4.78, 5) is 0. The molecule has 0 unspecified atom stereocenters. The molecule has 3 heteroatoms. The fraction of sp³-hybridized carbons (Fsp3) is 0.400. The Labute approximate surface area is 138 Å². The van der Waals surface area contributed by atoms with E-state index in [-0.39, 0.29) is 12.2 Å². The van der Waals surface area contributed by atoms with Crippen molar-refractivity contribution in [1.29, 1.82) is 0 Å². The molecule has 0 bridgehead atoms. The van der Waals surface area contributed by atoms with Crippen LogP contribution >= 0.6 is 0 Å². The highest BCUT2D eigenvalue weighted by Crippen LogP contribution is 2.35. The van der Waals surface area contributed by atoms with Crippen LogP contribution in [0.4, 0.5) is 0 Å². The van der Waals surface area contributed by atoms with E-state index in [9.17, 15) is 0 Å². The molecule has 0 aliphatic carbocycles. The van der Waals surface area contributed by atoms with Gasteiger partial charge in [0.2, 0.25) is 0 Å². The molecule has 122 valence electrons. The zero-order chi connectivity index (χ0) is 15.9. The van der Waals surface area contributed by atoms with Crippen molar-refractivity contribution >= 4 is 0 Å². The minimum atomic E-state index is -0.113. The maximum atomic E-state index is 6.37. The number of ether oxygens (including phenoxy) is 3. The van der Waals surface area contributed by atoms with Crippen LogP contribution in [0, 0.1) is 0 Å². The van der Waals surface area contributed by atoms with Crippen LogP contribution in [0.2, 0.25) is 0 Å². The molecule has 3 nitrogen and oxygen atoms in total. The normalized spacial score (nSPS) is 19.1. The second-order valence-corrected chi connectivity index (χ2v) is 5.73. The number of benzene rings is 2. The summed E-state index contributed by atoms with van der Waals surface area (Å²) in [7, 11) is 0. The number of hydrogen-bond acceptors (Lipinski definition) is 3. The van der Waals surface area contributed by atoms with Crippen molar-refractivity contribution in [2.24, 2.45) is 0 Å². The fourth-order valence-electron chi connectivity index (χ4n) is 2.96. The van der Waals surface area contributed by atoms with Gasteiger partial charge in [0.1, 0.15) is 6.10 Å². The van der Waals surface area contributed by atoms with Crippen LogP contribution in [0.15, 0.2) is 54.6 Å². The highest BCUT2D eigenvalue weighted by molar-refractivity contribution is 5.40. The number of para-hydroxylation sites is 2. The van der Waals surface area contributed by atoms with Gasteiger partial charge >= 0.3 is 0 Å². The third kappa shape index (κ3) is 4.05. The molecule has 1 aliphatic rings. The van der Waals surface area contributed by atoms with Crippen molar-refractivity contribution < 1.29 is 14.2 Å². The fourth-order valence-corrected chi connectivity index (χ4v) is 2.96. The lowest BCUT2D eigenvalue weighted by atomic mass is 9.98. The van der Waals surface area contributed by atoms with Gasteiger partial charge in [0.15, 0.2) is 11.5 Å². The molecule has 0 radical (unpaired) electrons. The number of rotatable bonds is 6. The van der Waals surface area contributed by atoms with Crippen molar-refractivity contribution in [1.82, 2.24) is 0 Å². The van der Waals surface area contributed by atoms with E-state index in [0.717, 1.165) is 36.5 Å². The van der Waals surface area contributed by atoms with E-state index in [2.05, 4.69) is 12.1 Å². The summed E-state index contributed by atoms with van der Waals surface area (Å²) >= 11 is 0.